The van der Waals surface area contributed by atoms with Crippen molar-refractivity contribution in [3.8, 4) is 11.3 Å². The van der Waals surface area contributed by atoms with Crippen molar-refractivity contribution in [3.63, 3.8) is 0 Å². The number of para-hydroxylation sites is 1. The van der Waals surface area contributed by atoms with Crippen LogP contribution in [0, 0.1) is 11.7 Å². The molecule has 1 saturated carbocycles. The van der Waals surface area contributed by atoms with Crippen LogP contribution in [0.15, 0.2) is 78.9 Å². The molecule has 7 heteroatoms. The zero-order valence-corrected chi connectivity index (χ0v) is 20.8. The predicted molar refractivity (Wildman–Crippen MR) is 140 cm³/mol. The lowest BCUT2D eigenvalue weighted by atomic mass is 9.93. The number of halogens is 1. The number of amides is 1. The summed E-state index contributed by atoms with van der Waals surface area (Å²) in [6.07, 6.45) is 3.25. The summed E-state index contributed by atoms with van der Waals surface area (Å²) >= 11 is 0. The zero-order chi connectivity index (χ0) is 25.3. The minimum atomic E-state index is -3.29. The Morgan fingerprint density at radius 2 is 1.75 bits per heavy atom. The fourth-order valence-corrected chi connectivity index (χ4v) is 5.27. The molecule has 4 aromatic rings. The topological polar surface area (TPSA) is 76.1 Å². The maximum Gasteiger partial charge on any atom is 0.252 e. The van der Waals surface area contributed by atoms with Gasteiger partial charge in [-0.05, 0) is 54.5 Å². The van der Waals surface area contributed by atoms with Crippen molar-refractivity contribution >= 4 is 26.6 Å². The third-order valence-electron chi connectivity index (χ3n) is 6.58. The monoisotopic (exact) mass is 502 g/mol. The van der Waals surface area contributed by atoms with Gasteiger partial charge in [0.05, 0.1) is 28.6 Å². The Bertz CT molecular complexity index is 1530. The van der Waals surface area contributed by atoms with E-state index >= 15 is 0 Å². The first kappa shape index (κ1) is 24.1. The van der Waals surface area contributed by atoms with E-state index in [0.29, 0.717) is 27.7 Å². The number of hydrogen-bond acceptors (Lipinski definition) is 4. The minimum absolute atomic E-state index is 0.108. The summed E-state index contributed by atoms with van der Waals surface area (Å²) in [5, 5.41) is 3.82. The van der Waals surface area contributed by atoms with Crippen molar-refractivity contribution in [1.82, 2.24) is 10.3 Å². The van der Waals surface area contributed by atoms with E-state index in [4.69, 9.17) is 4.98 Å². The van der Waals surface area contributed by atoms with Crippen LogP contribution in [0.2, 0.25) is 0 Å². The molecule has 184 valence electrons. The molecule has 3 aromatic carbocycles. The van der Waals surface area contributed by atoms with Gasteiger partial charge in [0.15, 0.2) is 0 Å². The zero-order valence-electron chi connectivity index (χ0n) is 19.9. The molecule has 0 spiro atoms. The molecule has 5 nitrogen and oxygen atoms in total. The smallest absolute Gasteiger partial charge is 0.252 e. The van der Waals surface area contributed by atoms with E-state index in [-0.39, 0.29) is 35.9 Å². The number of fused-ring (bicyclic) bond motifs is 1. The number of nitrogens with one attached hydrogen (secondary N) is 1. The highest BCUT2D eigenvalue weighted by atomic mass is 32.2. The molecule has 1 aromatic heterocycles. The van der Waals surface area contributed by atoms with Crippen LogP contribution in [0.4, 0.5) is 4.39 Å². The molecule has 0 aliphatic heterocycles. The number of benzene rings is 3. The highest BCUT2D eigenvalue weighted by Crippen LogP contribution is 2.42. The lowest BCUT2D eigenvalue weighted by molar-refractivity contribution is 0.0932. The number of carbonyl (C=O) groups excluding carboxylic acids is 1. The molecule has 5 rings (SSSR count). The number of aromatic nitrogens is 1. The standard InChI is InChI=1S/C29H27FN2O3S/c1-36(34,35)17-16-24-26(29(33)32-27(20-14-15-20)21-10-7-11-22(30)18-21)23-12-5-6-13-25(23)31-28(24)19-8-3-2-4-9-19/h2-13,18,20,27H,14-17H2,1H3,(H,32,33). The van der Waals surface area contributed by atoms with Crippen LogP contribution in [0.5, 0.6) is 0 Å². The van der Waals surface area contributed by atoms with Gasteiger partial charge in [0, 0.05) is 17.2 Å². The van der Waals surface area contributed by atoms with Crippen LogP contribution in [0.3, 0.4) is 0 Å². The van der Waals surface area contributed by atoms with Gasteiger partial charge in [0.1, 0.15) is 15.7 Å². The molecule has 1 atom stereocenters. The van der Waals surface area contributed by atoms with Crippen LogP contribution in [0.25, 0.3) is 22.2 Å². The number of carbonyl (C=O) groups is 1. The van der Waals surface area contributed by atoms with Crippen LogP contribution in [-0.4, -0.2) is 31.3 Å². The van der Waals surface area contributed by atoms with E-state index in [2.05, 4.69) is 5.32 Å². The second-order valence-electron chi connectivity index (χ2n) is 9.42. The molecule has 1 unspecified atom stereocenters. The first-order valence-electron chi connectivity index (χ1n) is 12.0. The maximum absolute atomic E-state index is 14.0. The number of rotatable bonds is 8. The van der Waals surface area contributed by atoms with Gasteiger partial charge in [-0.1, -0.05) is 60.7 Å². The molecule has 1 amide bonds. The van der Waals surface area contributed by atoms with E-state index in [0.717, 1.165) is 24.0 Å². The van der Waals surface area contributed by atoms with Gasteiger partial charge in [0.2, 0.25) is 0 Å². The molecule has 0 bridgehead atoms. The average molecular weight is 503 g/mol. The van der Waals surface area contributed by atoms with E-state index in [1.165, 1.54) is 18.4 Å². The SMILES string of the molecule is CS(=O)(=O)CCc1c(-c2ccccc2)nc2ccccc2c1C(=O)NC(c1cccc(F)c1)C1CC1. The Labute approximate surface area is 210 Å². The van der Waals surface area contributed by atoms with Gasteiger partial charge in [-0.15, -0.1) is 0 Å². The predicted octanol–water partition coefficient (Wildman–Crippen LogP) is 5.51. The summed E-state index contributed by atoms with van der Waals surface area (Å²) < 4.78 is 38.3. The van der Waals surface area contributed by atoms with Crippen LogP contribution < -0.4 is 5.32 Å². The van der Waals surface area contributed by atoms with E-state index in [1.54, 1.807) is 6.07 Å². The molecular formula is C29H27FN2O3S. The van der Waals surface area contributed by atoms with Crippen LogP contribution >= 0.6 is 0 Å². The quantitative estimate of drug-likeness (QED) is 0.345. The van der Waals surface area contributed by atoms with E-state index < -0.39 is 9.84 Å². The number of nitrogens with zero attached hydrogens (tertiary/aromatic N) is 1. The summed E-state index contributed by atoms with van der Waals surface area (Å²) in [7, 11) is -3.29. The molecule has 0 radical (unpaired) electrons. The van der Waals surface area contributed by atoms with Crippen LogP contribution in [-0.2, 0) is 16.3 Å². The van der Waals surface area contributed by atoms with Crippen LogP contribution in [0.1, 0.15) is 40.4 Å². The molecule has 1 aliphatic rings. The number of sulfone groups is 1. The fourth-order valence-electron chi connectivity index (χ4n) is 4.69. The van der Waals surface area contributed by atoms with E-state index in [9.17, 15) is 17.6 Å². The lowest BCUT2D eigenvalue weighted by Gasteiger charge is -2.22. The van der Waals surface area contributed by atoms with Crippen molar-refractivity contribution < 1.29 is 17.6 Å². The Balaban J connectivity index is 1.66. The van der Waals surface area contributed by atoms with Crippen molar-refractivity contribution in [1.29, 1.82) is 0 Å². The Morgan fingerprint density at radius 3 is 2.44 bits per heavy atom. The van der Waals surface area contributed by atoms with Gasteiger partial charge in [-0.25, -0.2) is 17.8 Å². The highest BCUT2D eigenvalue weighted by molar-refractivity contribution is 7.90. The van der Waals surface area contributed by atoms with Gasteiger partial charge in [-0.3, -0.25) is 4.79 Å². The normalized spacial score (nSPS) is 14.5. The van der Waals surface area contributed by atoms with Gasteiger partial charge < -0.3 is 5.32 Å². The molecule has 1 heterocycles. The summed E-state index contributed by atoms with van der Waals surface area (Å²) in [5.74, 6) is -0.530. The number of hydrogen-bond donors (Lipinski definition) is 1. The molecular weight excluding hydrogens is 475 g/mol. The minimum Gasteiger partial charge on any atom is -0.345 e. The Morgan fingerprint density at radius 1 is 1.03 bits per heavy atom. The second kappa shape index (κ2) is 9.82. The van der Waals surface area contributed by atoms with Crippen molar-refractivity contribution in [2.45, 2.75) is 25.3 Å². The average Bonchev–Trinajstić information content (AvgIpc) is 3.70. The Hall–Kier alpha value is -3.58. The summed E-state index contributed by atoms with van der Waals surface area (Å²) in [5.41, 5.74) is 3.80. The van der Waals surface area contributed by atoms with Crippen molar-refractivity contribution in [3.05, 3.63) is 101 Å². The third kappa shape index (κ3) is 5.31. The van der Waals surface area contributed by atoms with Gasteiger partial charge in [-0.2, -0.15) is 0 Å². The van der Waals surface area contributed by atoms with Crippen molar-refractivity contribution in [2.24, 2.45) is 5.92 Å². The highest BCUT2D eigenvalue weighted by Gasteiger charge is 2.35. The first-order chi connectivity index (χ1) is 17.3. The Kier molecular flexibility index (Phi) is 6.58. The lowest BCUT2D eigenvalue weighted by Crippen LogP contribution is -2.31. The fraction of sp³-hybridized carbons (Fsp3) is 0.241. The van der Waals surface area contributed by atoms with E-state index in [1.807, 2.05) is 60.7 Å². The van der Waals surface area contributed by atoms with Gasteiger partial charge >= 0.3 is 0 Å². The molecule has 36 heavy (non-hydrogen) atoms. The maximum atomic E-state index is 14.0. The largest absolute Gasteiger partial charge is 0.345 e. The molecule has 0 saturated heterocycles. The summed E-state index contributed by atoms with van der Waals surface area (Å²) in [6, 6.07) is 22.9. The number of pyridine rings is 1. The van der Waals surface area contributed by atoms with Crippen molar-refractivity contribution in [2.75, 3.05) is 12.0 Å². The van der Waals surface area contributed by atoms with Gasteiger partial charge in [0.25, 0.3) is 5.91 Å². The second-order valence-corrected chi connectivity index (χ2v) is 11.7. The third-order valence-corrected chi connectivity index (χ3v) is 7.52. The first-order valence-corrected chi connectivity index (χ1v) is 14.1. The molecule has 1 aliphatic carbocycles. The summed E-state index contributed by atoms with van der Waals surface area (Å²) in [4.78, 5) is 18.9. The summed E-state index contributed by atoms with van der Waals surface area (Å²) in [6.45, 7) is 0. The molecule has 1 fully saturated rings. The molecule has 1 N–H and O–H groups in total.